The second-order valence-electron chi connectivity index (χ2n) is 7.28. The molecule has 0 aliphatic rings. The quantitative estimate of drug-likeness (QED) is 0.724. The summed E-state index contributed by atoms with van der Waals surface area (Å²) in [6.45, 7) is 9.79. The molecule has 0 radical (unpaired) electrons. The molecule has 2 rings (SSSR count). The Balaban J connectivity index is 1.97. The van der Waals surface area contributed by atoms with Gasteiger partial charge in [-0.15, -0.1) is 0 Å². The summed E-state index contributed by atoms with van der Waals surface area (Å²) in [7, 11) is 1.99. The fourth-order valence-corrected chi connectivity index (χ4v) is 3.20. The average molecular weight is 353 g/mol. The van der Waals surface area contributed by atoms with Gasteiger partial charge in [-0.2, -0.15) is 0 Å². The number of carbonyl (C=O) groups is 1. The van der Waals surface area contributed by atoms with E-state index in [1.54, 1.807) is 0 Å². The minimum absolute atomic E-state index is 0.0434. The SMILES string of the molecule is CCc1cccc(CC)c1NC(=O)CN(C)Cc1ccc(C(C)C)cc1. The zero-order valence-corrected chi connectivity index (χ0v) is 16.8. The lowest BCUT2D eigenvalue weighted by atomic mass is 10.0. The zero-order chi connectivity index (χ0) is 19.1. The first kappa shape index (κ1) is 20.2. The molecule has 2 aromatic carbocycles. The van der Waals surface area contributed by atoms with Crippen LogP contribution in [0.3, 0.4) is 0 Å². The summed E-state index contributed by atoms with van der Waals surface area (Å²) in [6.07, 6.45) is 1.84. The fraction of sp³-hybridized carbons (Fsp3) is 0.435. The van der Waals surface area contributed by atoms with Gasteiger partial charge in [0.1, 0.15) is 0 Å². The number of hydrogen-bond acceptors (Lipinski definition) is 2. The summed E-state index contributed by atoms with van der Waals surface area (Å²) < 4.78 is 0. The van der Waals surface area contributed by atoms with Crippen molar-refractivity contribution in [3.05, 3.63) is 64.7 Å². The number of nitrogens with one attached hydrogen (secondary N) is 1. The molecule has 0 spiro atoms. The Hall–Kier alpha value is -2.13. The van der Waals surface area contributed by atoms with Gasteiger partial charge in [0.05, 0.1) is 6.54 Å². The lowest BCUT2D eigenvalue weighted by Gasteiger charge is -2.19. The average Bonchev–Trinajstić information content (AvgIpc) is 2.62. The highest BCUT2D eigenvalue weighted by Gasteiger charge is 2.12. The first-order chi connectivity index (χ1) is 12.4. The van der Waals surface area contributed by atoms with Crippen LogP contribution < -0.4 is 5.32 Å². The number of amides is 1. The van der Waals surface area contributed by atoms with Crippen molar-refractivity contribution in [3.8, 4) is 0 Å². The maximum absolute atomic E-state index is 12.5. The van der Waals surface area contributed by atoms with Crippen LogP contribution in [0.15, 0.2) is 42.5 Å². The molecular formula is C23H32N2O. The minimum atomic E-state index is 0.0434. The van der Waals surface area contributed by atoms with Gasteiger partial charge in [-0.25, -0.2) is 0 Å². The number of rotatable bonds is 8. The van der Waals surface area contributed by atoms with Crippen LogP contribution in [0.2, 0.25) is 0 Å². The molecule has 3 heteroatoms. The van der Waals surface area contributed by atoms with Crippen LogP contribution in [-0.4, -0.2) is 24.4 Å². The van der Waals surface area contributed by atoms with E-state index in [4.69, 9.17) is 0 Å². The van der Waals surface area contributed by atoms with E-state index in [1.807, 2.05) is 7.05 Å². The van der Waals surface area contributed by atoms with Crippen LogP contribution in [-0.2, 0) is 24.2 Å². The number of likely N-dealkylation sites (N-methyl/N-ethyl adjacent to an activating group) is 1. The molecule has 0 aliphatic heterocycles. The Morgan fingerprint density at radius 3 is 2.08 bits per heavy atom. The van der Waals surface area contributed by atoms with Crippen molar-refractivity contribution in [1.82, 2.24) is 4.90 Å². The molecule has 140 valence electrons. The molecule has 0 aliphatic carbocycles. The topological polar surface area (TPSA) is 32.3 Å². The standard InChI is InChI=1S/C23H32N2O/c1-6-19-9-8-10-20(7-2)23(19)24-22(26)16-25(5)15-18-11-13-21(14-12-18)17(3)4/h8-14,17H,6-7,15-16H2,1-5H3,(H,24,26). The van der Waals surface area contributed by atoms with Gasteiger partial charge >= 0.3 is 0 Å². The van der Waals surface area contributed by atoms with Gasteiger partial charge in [-0.3, -0.25) is 9.69 Å². The van der Waals surface area contributed by atoms with Crippen LogP contribution in [0.4, 0.5) is 5.69 Å². The Kier molecular flexibility index (Phi) is 7.40. The number of para-hydroxylation sites is 1. The van der Waals surface area contributed by atoms with E-state index in [-0.39, 0.29) is 5.91 Å². The number of benzene rings is 2. The maximum Gasteiger partial charge on any atom is 0.238 e. The van der Waals surface area contributed by atoms with Gasteiger partial charge < -0.3 is 5.32 Å². The van der Waals surface area contributed by atoms with Gasteiger partial charge in [0, 0.05) is 12.2 Å². The van der Waals surface area contributed by atoms with Gasteiger partial charge in [0.15, 0.2) is 0 Å². The second kappa shape index (κ2) is 9.54. The Morgan fingerprint density at radius 1 is 1.00 bits per heavy atom. The Bertz CT molecular complexity index is 697. The zero-order valence-electron chi connectivity index (χ0n) is 16.8. The Labute approximate surface area is 158 Å². The fourth-order valence-electron chi connectivity index (χ4n) is 3.20. The predicted octanol–water partition coefficient (Wildman–Crippen LogP) is 5.01. The summed E-state index contributed by atoms with van der Waals surface area (Å²) >= 11 is 0. The third kappa shape index (κ3) is 5.43. The normalized spacial score (nSPS) is 11.2. The van der Waals surface area contributed by atoms with Crippen LogP contribution >= 0.6 is 0 Å². The highest BCUT2D eigenvalue weighted by atomic mass is 16.2. The first-order valence-electron chi connectivity index (χ1n) is 9.62. The molecule has 2 aromatic rings. The summed E-state index contributed by atoms with van der Waals surface area (Å²) in [4.78, 5) is 14.6. The third-order valence-electron chi connectivity index (χ3n) is 4.78. The molecular weight excluding hydrogens is 320 g/mol. The van der Waals surface area contributed by atoms with E-state index < -0.39 is 0 Å². The van der Waals surface area contributed by atoms with Crippen LogP contribution in [0, 0.1) is 0 Å². The molecule has 3 nitrogen and oxygen atoms in total. The smallest absolute Gasteiger partial charge is 0.238 e. The van der Waals surface area contributed by atoms with Crippen molar-refractivity contribution >= 4 is 11.6 Å². The van der Waals surface area contributed by atoms with Crippen LogP contribution in [0.1, 0.15) is 55.9 Å². The molecule has 0 saturated heterocycles. The third-order valence-corrected chi connectivity index (χ3v) is 4.78. The highest BCUT2D eigenvalue weighted by Crippen LogP contribution is 2.22. The monoisotopic (exact) mass is 352 g/mol. The summed E-state index contributed by atoms with van der Waals surface area (Å²) in [5.41, 5.74) is 5.97. The van der Waals surface area contributed by atoms with Crippen molar-refractivity contribution < 1.29 is 4.79 Å². The van der Waals surface area contributed by atoms with E-state index in [0.29, 0.717) is 12.5 Å². The van der Waals surface area contributed by atoms with Gasteiger partial charge in [0.25, 0.3) is 0 Å². The predicted molar refractivity (Wildman–Crippen MR) is 111 cm³/mol. The summed E-state index contributed by atoms with van der Waals surface area (Å²) in [5.74, 6) is 0.584. The van der Waals surface area contributed by atoms with Crippen molar-refractivity contribution in [2.75, 3.05) is 18.9 Å². The van der Waals surface area contributed by atoms with E-state index in [2.05, 4.69) is 80.4 Å². The minimum Gasteiger partial charge on any atom is -0.324 e. The molecule has 0 aromatic heterocycles. The number of hydrogen-bond donors (Lipinski definition) is 1. The van der Waals surface area contributed by atoms with E-state index in [0.717, 1.165) is 25.1 Å². The second-order valence-corrected chi connectivity index (χ2v) is 7.28. The number of nitrogens with zero attached hydrogens (tertiary/aromatic N) is 1. The summed E-state index contributed by atoms with van der Waals surface area (Å²) in [5, 5.41) is 3.14. The number of anilines is 1. The molecule has 0 fully saturated rings. The highest BCUT2D eigenvalue weighted by molar-refractivity contribution is 5.93. The van der Waals surface area contributed by atoms with E-state index in [1.165, 1.54) is 22.3 Å². The molecule has 0 heterocycles. The molecule has 1 N–H and O–H groups in total. The molecule has 26 heavy (non-hydrogen) atoms. The van der Waals surface area contributed by atoms with Gasteiger partial charge in [-0.05, 0) is 48.1 Å². The van der Waals surface area contributed by atoms with Crippen molar-refractivity contribution in [2.45, 2.75) is 53.0 Å². The lowest BCUT2D eigenvalue weighted by Crippen LogP contribution is -2.30. The van der Waals surface area contributed by atoms with Crippen molar-refractivity contribution in [3.63, 3.8) is 0 Å². The van der Waals surface area contributed by atoms with Crippen LogP contribution in [0.5, 0.6) is 0 Å². The Morgan fingerprint density at radius 2 is 1.58 bits per heavy atom. The van der Waals surface area contributed by atoms with Crippen LogP contribution in [0.25, 0.3) is 0 Å². The number of aryl methyl sites for hydroxylation is 2. The van der Waals surface area contributed by atoms with Gasteiger partial charge in [-0.1, -0.05) is 70.2 Å². The maximum atomic E-state index is 12.5. The molecule has 0 atom stereocenters. The van der Waals surface area contributed by atoms with Gasteiger partial charge in [0.2, 0.25) is 5.91 Å². The molecule has 0 bridgehead atoms. The summed E-state index contributed by atoms with van der Waals surface area (Å²) in [6, 6.07) is 14.9. The largest absolute Gasteiger partial charge is 0.324 e. The molecule has 0 unspecified atom stereocenters. The van der Waals surface area contributed by atoms with Crippen molar-refractivity contribution in [2.24, 2.45) is 0 Å². The van der Waals surface area contributed by atoms with Crippen molar-refractivity contribution in [1.29, 1.82) is 0 Å². The molecule has 1 amide bonds. The molecule has 0 saturated carbocycles. The first-order valence-corrected chi connectivity index (χ1v) is 9.62. The lowest BCUT2D eigenvalue weighted by molar-refractivity contribution is -0.117. The number of carbonyl (C=O) groups excluding carboxylic acids is 1. The van der Waals surface area contributed by atoms with E-state index >= 15 is 0 Å². The van der Waals surface area contributed by atoms with E-state index in [9.17, 15) is 4.79 Å².